The number of ether oxygens (including phenoxy) is 1. The smallest absolute Gasteiger partial charge is 0.328 e. The summed E-state index contributed by atoms with van der Waals surface area (Å²) < 4.78 is 50.1. The van der Waals surface area contributed by atoms with E-state index in [1.54, 1.807) is 30.6 Å². The predicted octanol–water partition coefficient (Wildman–Crippen LogP) is 4.19. The van der Waals surface area contributed by atoms with Gasteiger partial charge in [-0.05, 0) is 30.0 Å². The molecule has 0 radical (unpaired) electrons. The number of thiophene rings is 1. The van der Waals surface area contributed by atoms with Gasteiger partial charge in [-0.15, -0.1) is 11.3 Å². The standard InChI is InChI=1S/C24H31FN4O4S2/c1-5-22-26-8-10-29(22)15-18-7-6-17(13-21(18)25)20-14-19(12-16(2)3)34-23(20)35(31,32)28-24(30)27-9-11-33-4/h6-8,10,13-14,16H,5,9,11-12,15H2,1-4H3,(H2,27,28,30). The first-order valence-electron chi connectivity index (χ1n) is 11.4. The summed E-state index contributed by atoms with van der Waals surface area (Å²) >= 11 is 1.09. The number of aromatic nitrogens is 2. The monoisotopic (exact) mass is 522 g/mol. The van der Waals surface area contributed by atoms with Crippen LogP contribution in [-0.2, 0) is 34.1 Å². The number of urea groups is 1. The first-order chi connectivity index (χ1) is 16.6. The lowest BCUT2D eigenvalue weighted by Crippen LogP contribution is -2.40. The Balaban J connectivity index is 1.93. The largest absolute Gasteiger partial charge is 0.383 e. The van der Waals surface area contributed by atoms with E-state index < -0.39 is 21.9 Å². The van der Waals surface area contributed by atoms with Gasteiger partial charge in [0.05, 0.1) is 13.2 Å². The van der Waals surface area contributed by atoms with Crippen molar-refractivity contribution in [2.75, 3.05) is 20.3 Å². The highest BCUT2D eigenvalue weighted by Gasteiger charge is 2.26. The van der Waals surface area contributed by atoms with Gasteiger partial charge in [0.15, 0.2) is 0 Å². The van der Waals surface area contributed by atoms with Crippen molar-refractivity contribution in [2.24, 2.45) is 5.92 Å². The van der Waals surface area contributed by atoms with Gasteiger partial charge < -0.3 is 14.6 Å². The number of benzene rings is 1. The van der Waals surface area contributed by atoms with Gasteiger partial charge in [0, 0.05) is 48.5 Å². The van der Waals surface area contributed by atoms with Crippen LogP contribution in [-0.4, -0.2) is 44.3 Å². The first kappa shape index (κ1) is 26.8. The molecule has 11 heteroatoms. The number of halogens is 1. The molecular weight excluding hydrogens is 491 g/mol. The normalized spacial score (nSPS) is 11.7. The lowest BCUT2D eigenvalue weighted by Gasteiger charge is -2.11. The highest BCUT2D eigenvalue weighted by Crippen LogP contribution is 2.37. The van der Waals surface area contributed by atoms with Crippen LogP contribution in [0, 0.1) is 11.7 Å². The van der Waals surface area contributed by atoms with Crippen LogP contribution in [0.15, 0.2) is 40.9 Å². The summed E-state index contributed by atoms with van der Waals surface area (Å²) in [5, 5.41) is 2.44. The van der Waals surface area contributed by atoms with E-state index >= 15 is 4.39 Å². The highest BCUT2D eigenvalue weighted by molar-refractivity contribution is 7.92. The van der Waals surface area contributed by atoms with Crippen molar-refractivity contribution in [1.82, 2.24) is 19.6 Å². The van der Waals surface area contributed by atoms with Crippen LogP contribution in [0.5, 0.6) is 0 Å². The molecule has 0 atom stereocenters. The van der Waals surface area contributed by atoms with E-state index in [1.165, 1.54) is 13.2 Å². The zero-order chi connectivity index (χ0) is 25.6. The number of rotatable bonds is 11. The number of amides is 2. The Morgan fingerprint density at radius 2 is 2.06 bits per heavy atom. The van der Waals surface area contributed by atoms with Crippen molar-refractivity contribution in [3.63, 3.8) is 0 Å². The van der Waals surface area contributed by atoms with Crippen molar-refractivity contribution in [2.45, 2.75) is 44.4 Å². The summed E-state index contributed by atoms with van der Waals surface area (Å²) in [6.45, 7) is 6.79. The van der Waals surface area contributed by atoms with Gasteiger partial charge in [0.2, 0.25) is 0 Å². The minimum atomic E-state index is -4.18. The van der Waals surface area contributed by atoms with E-state index in [0.717, 1.165) is 28.5 Å². The second-order valence-electron chi connectivity index (χ2n) is 8.50. The van der Waals surface area contributed by atoms with Crippen molar-refractivity contribution in [3.05, 3.63) is 58.7 Å². The average molecular weight is 523 g/mol. The molecule has 2 N–H and O–H groups in total. The molecule has 8 nitrogen and oxygen atoms in total. The molecule has 0 aliphatic heterocycles. The molecule has 190 valence electrons. The fraction of sp³-hybridized carbons (Fsp3) is 0.417. The molecule has 3 rings (SSSR count). The van der Waals surface area contributed by atoms with Crippen molar-refractivity contribution < 1.29 is 22.3 Å². The van der Waals surface area contributed by atoms with Gasteiger partial charge in [-0.1, -0.05) is 32.9 Å². The lowest BCUT2D eigenvalue weighted by atomic mass is 10.0. The molecule has 2 heterocycles. The minimum Gasteiger partial charge on any atom is -0.383 e. The first-order valence-corrected chi connectivity index (χ1v) is 13.7. The van der Waals surface area contributed by atoms with Crippen molar-refractivity contribution in [3.8, 4) is 11.1 Å². The molecule has 0 bridgehead atoms. The fourth-order valence-corrected chi connectivity index (χ4v) is 6.50. The number of nitrogens with one attached hydrogen (secondary N) is 2. The van der Waals surface area contributed by atoms with Crippen LogP contribution in [0.2, 0.25) is 0 Å². The molecule has 0 aliphatic carbocycles. The SMILES string of the molecule is CCc1nccn1Cc1ccc(-c2cc(CC(C)C)sc2S(=O)(=O)NC(=O)NCCOC)cc1F. The van der Waals surface area contributed by atoms with Crippen molar-refractivity contribution in [1.29, 1.82) is 0 Å². The summed E-state index contributed by atoms with van der Waals surface area (Å²) in [5.74, 6) is 0.709. The predicted molar refractivity (Wildman–Crippen MR) is 135 cm³/mol. The van der Waals surface area contributed by atoms with Crippen LogP contribution < -0.4 is 10.0 Å². The number of nitrogens with zero attached hydrogens (tertiary/aromatic N) is 2. The van der Waals surface area contributed by atoms with Gasteiger partial charge in [0.25, 0.3) is 10.0 Å². The summed E-state index contributed by atoms with van der Waals surface area (Å²) in [7, 11) is -2.70. The number of imidazole rings is 1. The summed E-state index contributed by atoms with van der Waals surface area (Å²) in [4.78, 5) is 17.2. The lowest BCUT2D eigenvalue weighted by molar-refractivity contribution is 0.197. The van der Waals surface area contributed by atoms with E-state index in [-0.39, 0.29) is 17.4 Å². The molecule has 2 amide bonds. The molecular formula is C24H31FN4O4S2. The number of carbonyl (C=O) groups excluding carboxylic acids is 1. The van der Waals surface area contributed by atoms with Crippen LogP contribution >= 0.6 is 11.3 Å². The summed E-state index contributed by atoms with van der Waals surface area (Å²) in [6, 6.07) is 5.63. The van der Waals surface area contributed by atoms with E-state index in [0.29, 0.717) is 35.6 Å². The molecule has 0 unspecified atom stereocenters. The third-order valence-corrected chi connectivity index (χ3v) is 8.27. The Bertz CT molecular complexity index is 1270. The molecule has 35 heavy (non-hydrogen) atoms. The van der Waals surface area contributed by atoms with E-state index in [1.807, 2.05) is 30.1 Å². The topological polar surface area (TPSA) is 102 Å². The van der Waals surface area contributed by atoms with E-state index in [4.69, 9.17) is 4.74 Å². The number of methoxy groups -OCH3 is 1. The van der Waals surface area contributed by atoms with E-state index in [9.17, 15) is 13.2 Å². The summed E-state index contributed by atoms with van der Waals surface area (Å²) in [6.07, 6.45) is 4.88. The highest BCUT2D eigenvalue weighted by atomic mass is 32.2. The fourth-order valence-electron chi connectivity index (χ4n) is 3.62. The Hall–Kier alpha value is -2.76. The van der Waals surface area contributed by atoms with E-state index in [2.05, 4.69) is 10.3 Å². The van der Waals surface area contributed by atoms with Crippen LogP contribution in [0.1, 0.15) is 37.0 Å². The van der Waals surface area contributed by atoms with Crippen molar-refractivity contribution >= 4 is 27.4 Å². The second kappa shape index (κ2) is 11.8. The Morgan fingerprint density at radius 3 is 2.71 bits per heavy atom. The third-order valence-electron chi connectivity index (χ3n) is 5.24. The maximum Gasteiger partial charge on any atom is 0.328 e. The molecule has 0 saturated carbocycles. The maximum atomic E-state index is 15.1. The number of hydrogen-bond acceptors (Lipinski definition) is 6. The number of aryl methyl sites for hydroxylation is 1. The molecule has 0 aliphatic rings. The Labute approximate surface area is 209 Å². The Kier molecular flexibility index (Phi) is 9.03. The van der Waals surface area contributed by atoms with Gasteiger partial charge in [-0.25, -0.2) is 27.3 Å². The molecule has 3 aromatic rings. The second-order valence-corrected chi connectivity index (χ2v) is 11.5. The number of sulfonamides is 1. The molecule has 0 saturated heterocycles. The molecule has 2 aromatic heterocycles. The summed E-state index contributed by atoms with van der Waals surface area (Å²) in [5.41, 5.74) is 1.27. The molecule has 0 fully saturated rings. The van der Waals surface area contributed by atoms with Gasteiger partial charge >= 0.3 is 6.03 Å². The average Bonchev–Trinajstić information content (AvgIpc) is 3.41. The quantitative estimate of drug-likeness (QED) is 0.368. The zero-order valence-electron chi connectivity index (χ0n) is 20.3. The number of carbonyl (C=O) groups is 1. The Morgan fingerprint density at radius 1 is 1.29 bits per heavy atom. The van der Waals surface area contributed by atoms with Gasteiger partial charge in [-0.3, -0.25) is 0 Å². The van der Waals surface area contributed by atoms with Crippen LogP contribution in [0.4, 0.5) is 9.18 Å². The van der Waals surface area contributed by atoms with Crippen LogP contribution in [0.3, 0.4) is 0 Å². The van der Waals surface area contributed by atoms with Gasteiger partial charge in [0.1, 0.15) is 15.9 Å². The maximum absolute atomic E-state index is 15.1. The van der Waals surface area contributed by atoms with Crippen LogP contribution in [0.25, 0.3) is 11.1 Å². The number of hydrogen-bond donors (Lipinski definition) is 2. The third kappa shape index (κ3) is 6.89. The zero-order valence-corrected chi connectivity index (χ0v) is 21.9. The molecule has 1 aromatic carbocycles. The molecule has 0 spiro atoms. The van der Waals surface area contributed by atoms with Gasteiger partial charge in [-0.2, -0.15) is 0 Å². The minimum absolute atomic E-state index is 0.0231.